The molecule has 2 amide bonds. The van der Waals surface area contributed by atoms with Gasteiger partial charge in [0.2, 0.25) is 23.5 Å². The number of likely N-dealkylation sites (tertiary alicyclic amines) is 1. The topological polar surface area (TPSA) is 114 Å². The first-order valence-corrected chi connectivity index (χ1v) is 10.1. The predicted molar refractivity (Wildman–Crippen MR) is 109 cm³/mol. The Bertz CT molecular complexity index is 823. The molecule has 2 heterocycles. The van der Waals surface area contributed by atoms with Crippen molar-refractivity contribution in [3.63, 3.8) is 0 Å². The first kappa shape index (κ1) is 21.0. The lowest BCUT2D eigenvalue weighted by Gasteiger charge is -2.31. The van der Waals surface area contributed by atoms with Crippen molar-refractivity contribution >= 4 is 11.8 Å². The molecule has 29 heavy (non-hydrogen) atoms. The third-order valence-electron chi connectivity index (χ3n) is 5.20. The van der Waals surface area contributed by atoms with Crippen molar-refractivity contribution in [1.29, 1.82) is 0 Å². The summed E-state index contributed by atoms with van der Waals surface area (Å²) in [6, 6.07) is 8.24. The van der Waals surface area contributed by atoms with Crippen LogP contribution in [0.25, 0.3) is 11.4 Å². The van der Waals surface area contributed by atoms with Gasteiger partial charge in [0.15, 0.2) is 0 Å². The molecule has 0 saturated carbocycles. The molecule has 2 aromatic rings. The maximum Gasteiger partial charge on any atom is 0.231 e. The van der Waals surface area contributed by atoms with Crippen LogP contribution in [-0.2, 0) is 16.0 Å². The molecular weight excluding hydrogens is 370 g/mol. The Morgan fingerprint density at radius 1 is 1.24 bits per heavy atom. The van der Waals surface area contributed by atoms with Crippen LogP contribution >= 0.6 is 0 Å². The predicted octanol–water partition coefficient (Wildman–Crippen LogP) is 1.86. The molecule has 8 heteroatoms. The van der Waals surface area contributed by atoms with E-state index in [0.717, 1.165) is 31.5 Å². The fourth-order valence-electron chi connectivity index (χ4n) is 3.47. The fraction of sp³-hybridized carbons (Fsp3) is 0.524. The summed E-state index contributed by atoms with van der Waals surface area (Å²) in [5.74, 6) is 1.12. The van der Waals surface area contributed by atoms with E-state index in [1.807, 2.05) is 17.0 Å². The normalized spacial score (nSPS) is 15.6. The number of aromatic nitrogens is 2. The number of carbonyl (C=O) groups excluding carboxylic acids is 2. The lowest BCUT2D eigenvalue weighted by Crippen LogP contribution is -2.46. The number of nitrogens with one attached hydrogen (secondary N) is 1. The Balaban J connectivity index is 1.44. The second-order valence-electron chi connectivity index (χ2n) is 7.87. The monoisotopic (exact) mass is 399 g/mol. The molecule has 0 unspecified atom stereocenters. The van der Waals surface area contributed by atoms with Crippen molar-refractivity contribution in [1.82, 2.24) is 20.4 Å². The minimum absolute atomic E-state index is 0.0283. The van der Waals surface area contributed by atoms with Gasteiger partial charge in [-0.3, -0.25) is 14.5 Å². The first-order chi connectivity index (χ1) is 13.9. The van der Waals surface area contributed by atoms with Gasteiger partial charge in [-0.05, 0) is 24.3 Å². The molecule has 1 aliphatic rings. The Morgan fingerprint density at radius 3 is 2.55 bits per heavy atom. The first-order valence-electron chi connectivity index (χ1n) is 10.1. The summed E-state index contributed by atoms with van der Waals surface area (Å²) < 4.78 is 5.30. The lowest BCUT2D eigenvalue weighted by molar-refractivity contribution is -0.123. The molecule has 0 aliphatic carbocycles. The van der Waals surface area contributed by atoms with Crippen LogP contribution in [0.2, 0.25) is 0 Å². The number of amides is 2. The zero-order chi connectivity index (χ0) is 20.8. The molecule has 3 N–H and O–H groups in total. The molecule has 0 bridgehead atoms. The maximum atomic E-state index is 12.2. The molecule has 1 aromatic carbocycles. The van der Waals surface area contributed by atoms with E-state index < -0.39 is 0 Å². The number of nitrogens with zero attached hydrogens (tertiary/aromatic N) is 3. The summed E-state index contributed by atoms with van der Waals surface area (Å²) in [7, 11) is 0. The van der Waals surface area contributed by atoms with E-state index in [1.54, 1.807) is 0 Å². The highest BCUT2D eigenvalue weighted by Gasteiger charge is 2.21. The molecule has 0 spiro atoms. The highest BCUT2D eigenvalue weighted by Crippen LogP contribution is 2.20. The number of carbonyl (C=O) groups is 2. The third kappa shape index (κ3) is 6.12. The van der Waals surface area contributed by atoms with Gasteiger partial charge in [-0.25, -0.2) is 0 Å². The van der Waals surface area contributed by atoms with E-state index in [4.69, 9.17) is 10.3 Å². The van der Waals surface area contributed by atoms with Crippen molar-refractivity contribution < 1.29 is 14.1 Å². The van der Waals surface area contributed by atoms with Crippen molar-refractivity contribution in [2.75, 3.05) is 19.6 Å². The van der Waals surface area contributed by atoms with E-state index >= 15 is 0 Å². The van der Waals surface area contributed by atoms with Crippen molar-refractivity contribution in [2.45, 2.75) is 51.5 Å². The number of benzene rings is 1. The summed E-state index contributed by atoms with van der Waals surface area (Å²) in [4.78, 5) is 29.6. The van der Waals surface area contributed by atoms with Crippen LogP contribution < -0.4 is 11.1 Å². The van der Waals surface area contributed by atoms with Gasteiger partial charge < -0.3 is 15.6 Å². The summed E-state index contributed by atoms with van der Waals surface area (Å²) in [5, 5.41) is 7.07. The third-order valence-corrected chi connectivity index (χ3v) is 5.20. The smallest absolute Gasteiger partial charge is 0.231 e. The van der Waals surface area contributed by atoms with Crippen LogP contribution in [-0.4, -0.2) is 52.5 Å². The molecule has 1 fully saturated rings. The van der Waals surface area contributed by atoms with Crippen molar-refractivity contribution in [3.05, 3.63) is 35.7 Å². The lowest BCUT2D eigenvalue weighted by atomic mass is 10.0. The molecule has 8 nitrogen and oxygen atoms in total. The number of rotatable bonds is 8. The van der Waals surface area contributed by atoms with Gasteiger partial charge in [0.25, 0.3) is 0 Å². The van der Waals surface area contributed by atoms with Gasteiger partial charge in [0, 0.05) is 37.5 Å². The SMILES string of the molecule is CC(C)c1ccc(-c2noc(CCC(=O)NC3CCN(CC(N)=O)CC3)n2)cc1. The highest BCUT2D eigenvalue weighted by molar-refractivity contribution is 5.76. The fourth-order valence-corrected chi connectivity index (χ4v) is 3.47. The van der Waals surface area contributed by atoms with Gasteiger partial charge in [-0.1, -0.05) is 43.3 Å². The van der Waals surface area contributed by atoms with Gasteiger partial charge in [0.1, 0.15) is 0 Å². The van der Waals surface area contributed by atoms with E-state index in [2.05, 4.69) is 41.4 Å². The zero-order valence-corrected chi connectivity index (χ0v) is 17.1. The van der Waals surface area contributed by atoms with Crippen LogP contribution in [0.5, 0.6) is 0 Å². The van der Waals surface area contributed by atoms with Crippen molar-refractivity contribution in [2.24, 2.45) is 5.73 Å². The number of piperidine rings is 1. The highest BCUT2D eigenvalue weighted by atomic mass is 16.5. The molecular formula is C21H29N5O3. The molecule has 1 aliphatic heterocycles. The van der Waals surface area contributed by atoms with Gasteiger partial charge in [0.05, 0.1) is 6.54 Å². The van der Waals surface area contributed by atoms with E-state index in [-0.39, 0.29) is 24.4 Å². The Hall–Kier alpha value is -2.74. The minimum Gasteiger partial charge on any atom is -0.369 e. The molecule has 0 atom stereocenters. The maximum absolute atomic E-state index is 12.2. The van der Waals surface area contributed by atoms with Crippen molar-refractivity contribution in [3.8, 4) is 11.4 Å². The molecule has 0 radical (unpaired) electrons. The van der Waals surface area contributed by atoms with Crippen LogP contribution in [0.15, 0.2) is 28.8 Å². The quantitative estimate of drug-likeness (QED) is 0.700. The van der Waals surface area contributed by atoms with Crippen LogP contribution in [0.4, 0.5) is 0 Å². The van der Waals surface area contributed by atoms with E-state index in [0.29, 0.717) is 30.5 Å². The summed E-state index contributed by atoms with van der Waals surface area (Å²) in [6.45, 7) is 6.10. The Kier molecular flexibility index (Phi) is 6.98. The molecule has 1 saturated heterocycles. The average Bonchev–Trinajstić information content (AvgIpc) is 3.17. The summed E-state index contributed by atoms with van der Waals surface area (Å²) in [5.41, 5.74) is 7.38. The summed E-state index contributed by atoms with van der Waals surface area (Å²) >= 11 is 0. The average molecular weight is 399 g/mol. The Labute approximate surface area is 170 Å². The van der Waals surface area contributed by atoms with Crippen LogP contribution in [0, 0.1) is 0 Å². The van der Waals surface area contributed by atoms with Gasteiger partial charge in [-0.2, -0.15) is 4.98 Å². The Morgan fingerprint density at radius 2 is 1.93 bits per heavy atom. The molecule has 3 rings (SSSR count). The van der Waals surface area contributed by atoms with Gasteiger partial charge in [-0.15, -0.1) is 0 Å². The van der Waals surface area contributed by atoms with Gasteiger partial charge >= 0.3 is 0 Å². The standard InChI is InChI=1S/C21H29N5O3/c1-14(2)15-3-5-16(6-4-15)21-24-20(29-25-21)8-7-19(28)23-17-9-11-26(12-10-17)13-18(22)27/h3-6,14,17H,7-13H2,1-2H3,(H2,22,27)(H,23,28). The second kappa shape index (κ2) is 9.65. The van der Waals surface area contributed by atoms with Crippen LogP contribution in [0.3, 0.4) is 0 Å². The van der Waals surface area contributed by atoms with E-state index in [1.165, 1.54) is 5.56 Å². The minimum atomic E-state index is -0.317. The van der Waals surface area contributed by atoms with Crippen LogP contribution in [0.1, 0.15) is 50.5 Å². The largest absolute Gasteiger partial charge is 0.369 e. The summed E-state index contributed by atoms with van der Waals surface area (Å²) in [6.07, 6.45) is 2.34. The number of nitrogens with two attached hydrogens (primary N) is 1. The molecule has 156 valence electrons. The zero-order valence-electron chi connectivity index (χ0n) is 17.1. The van der Waals surface area contributed by atoms with E-state index in [9.17, 15) is 9.59 Å². The number of hydrogen-bond donors (Lipinski definition) is 2. The second-order valence-corrected chi connectivity index (χ2v) is 7.87. The number of hydrogen-bond acceptors (Lipinski definition) is 6. The molecule has 1 aromatic heterocycles. The number of primary amides is 1. The number of aryl methyl sites for hydroxylation is 1.